The van der Waals surface area contributed by atoms with Crippen LogP contribution in [0.5, 0.6) is 0 Å². The minimum Gasteiger partial charge on any atom is -0.481 e. The molecule has 3 aliphatic carbocycles. The molecule has 0 amide bonds. The van der Waals surface area contributed by atoms with Gasteiger partial charge in [-0.3, -0.25) is 9.59 Å². The maximum atomic E-state index is 11.8. The van der Waals surface area contributed by atoms with Crippen molar-refractivity contribution >= 4 is 18.5 Å². The van der Waals surface area contributed by atoms with Gasteiger partial charge < -0.3 is 9.90 Å². The van der Waals surface area contributed by atoms with Crippen LogP contribution in [-0.2, 0) is 14.4 Å². The molecule has 0 radical (unpaired) electrons. The van der Waals surface area contributed by atoms with Gasteiger partial charge in [-0.15, -0.1) is 0 Å². The minimum atomic E-state index is -1.05. The third-order valence-corrected chi connectivity index (χ3v) is 5.56. The number of hydrogen-bond acceptors (Lipinski definition) is 3. The van der Waals surface area contributed by atoms with Crippen LogP contribution in [0.1, 0.15) is 33.1 Å². The van der Waals surface area contributed by atoms with E-state index >= 15 is 0 Å². The lowest BCUT2D eigenvalue weighted by Gasteiger charge is -2.32. The highest BCUT2D eigenvalue weighted by Gasteiger charge is 2.80. The lowest BCUT2D eigenvalue weighted by atomic mass is 9.69. The summed E-state index contributed by atoms with van der Waals surface area (Å²) in [5.74, 6) is -0.824. The van der Waals surface area contributed by atoms with Gasteiger partial charge in [0.15, 0.2) is 0 Å². The molecule has 0 aromatic carbocycles. The minimum absolute atomic E-state index is 0.0195. The fourth-order valence-corrected chi connectivity index (χ4v) is 4.71. The van der Waals surface area contributed by atoms with E-state index in [-0.39, 0.29) is 17.3 Å². The van der Waals surface area contributed by atoms with E-state index in [1.54, 1.807) is 0 Å². The number of aliphatic carboxylic acids is 1. The van der Waals surface area contributed by atoms with E-state index in [1.807, 2.05) is 6.08 Å². The van der Waals surface area contributed by atoms with Crippen LogP contribution < -0.4 is 0 Å². The van der Waals surface area contributed by atoms with Crippen LogP contribution in [0.3, 0.4) is 0 Å². The Bertz CT molecular complexity index is 518. The quantitative estimate of drug-likeness (QED) is 0.788. The lowest BCUT2D eigenvalue weighted by Crippen LogP contribution is -2.38. The summed E-state index contributed by atoms with van der Waals surface area (Å²) in [5.41, 5.74) is -1.62. The molecule has 102 valence electrons. The molecule has 4 atom stereocenters. The molecule has 0 aliphatic heterocycles. The van der Waals surface area contributed by atoms with E-state index in [0.717, 1.165) is 12.8 Å². The first-order valence-electron chi connectivity index (χ1n) is 6.70. The van der Waals surface area contributed by atoms with Crippen LogP contribution in [-0.4, -0.2) is 23.6 Å². The smallest absolute Gasteiger partial charge is 0.311 e. The van der Waals surface area contributed by atoms with Crippen molar-refractivity contribution in [1.82, 2.24) is 0 Å². The summed E-state index contributed by atoms with van der Waals surface area (Å²) in [6, 6.07) is 0. The van der Waals surface area contributed by atoms with E-state index in [1.165, 1.54) is 0 Å². The van der Waals surface area contributed by atoms with Gasteiger partial charge in [0, 0.05) is 5.57 Å². The van der Waals surface area contributed by atoms with Gasteiger partial charge in [0.25, 0.3) is 0 Å². The molecule has 4 nitrogen and oxygen atoms in total. The van der Waals surface area contributed by atoms with Crippen molar-refractivity contribution in [2.75, 3.05) is 0 Å². The summed E-state index contributed by atoms with van der Waals surface area (Å²) in [5, 5.41) is 9.66. The Labute approximate surface area is 111 Å². The lowest BCUT2D eigenvalue weighted by molar-refractivity contribution is -0.149. The summed E-state index contributed by atoms with van der Waals surface area (Å²) < 4.78 is 0. The van der Waals surface area contributed by atoms with Gasteiger partial charge in [0.2, 0.25) is 0 Å². The molecule has 0 saturated heterocycles. The highest BCUT2D eigenvalue weighted by Crippen LogP contribution is 2.77. The Kier molecular flexibility index (Phi) is 2.22. The number of carboxylic acid groups (broad SMARTS) is 1. The van der Waals surface area contributed by atoms with Crippen LogP contribution >= 0.6 is 0 Å². The fourth-order valence-electron chi connectivity index (χ4n) is 4.71. The molecule has 19 heavy (non-hydrogen) atoms. The number of allylic oxidation sites excluding steroid dienone is 2. The summed E-state index contributed by atoms with van der Waals surface area (Å²) in [7, 11) is 0. The van der Waals surface area contributed by atoms with E-state index in [2.05, 4.69) is 13.8 Å². The zero-order valence-corrected chi connectivity index (χ0v) is 11.2. The molecular weight excluding hydrogens is 244 g/mol. The first-order valence-corrected chi connectivity index (χ1v) is 6.70. The van der Waals surface area contributed by atoms with Crippen molar-refractivity contribution in [1.29, 1.82) is 0 Å². The number of aldehydes is 2. The third-order valence-electron chi connectivity index (χ3n) is 5.56. The molecule has 1 N–H and O–H groups in total. The molecule has 0 aromatic rings. The third kappa shape index (κ3) is 1.27. The van der Waals surface area contributed by atoms with Crippen molar-refractivity contribution in [3.8, 4) is 0 Å². The van der Waals surface area contributed by atoms with Crippen LogP contribution in [0, 0.1) is 28.1 Å². The van der Waals surface area contributed by atoms with Crippen molar-refractivity contribution in [3.05, 3.63) is 11.6 Å². The maximum Gasteiger partial charge on any atom is 0.311 e. The first kappa shape index (κ1) is 12.6. The summed E-state index contributed by atoms with van der Waals surface area (Å²) in [4.78, 5) is 34.5. The van der Waals surface area contributed by atoms with Gasteiger partial charge in [0.1, 0.15) is 12.6 Å². The number of fused-ring (bicyclic) bond motifs is 3. The Morgan fingerprint density at radius 2 is 2.05 bits per heavy atom. The second-order valence-electron chi connectivity index (χ2n) is 7.13. The molecule has 3 aliphatic rings. The van der Waals surface area contributed by atoms with E-state index < -0.39 is 16.8 Å². The van der Waals surface area contributed by atoms with Gasteiger partial charge in [-0.1, -0.05) is 19.9 Å². The number of carbonyl (C=O) groups excluding carboxylic acids is 2. The molecule has 0 heterocycles. The molecule has 0 unspecified atom stereocenters. The number of carboxylic acids is 1. The predicted octanol–water partition coefficient (Wildman–Crippen LogP) is 1.84. The van der Waals surface area contributed by atoms with Gasteiger partial charge in [-0.25, -0.2) is 0 Å². The SMILES string of the molecule is CC1(C)C[C@@H]2[C@@H](C=C(C=O)[C@@]3(C=O)C[C@@]23C(=O)O)C1. The summed E-state index contributed by atoms with van der Waals surface area (Å²) in [6.45, 7) is 4.25. The predicted molar refractivity (Wildman–Crippen MR) is 67.3 cm³/mol. The average molecular weight is 262 g/mol. The van der Waals surface area contributed by atoms with Gasteiger partial charge in [-0.05, 0) is 36.5 Å². The second kappa shape index (κ2) is 3.35. The van der Waals surface area contributed by atoms with Crippen molar-refractivity contribution in [2.24, 2.45) is 28.1 Å². The fraction of sp³-hybridized carbons (Fsp3) is 0.667. The summed E-state index contributed by atoms with van der Waals surface area (Å²) >= 11 is 0. The van der Waals surface area contributed by atoms with Gasteiger partial charge in [-0.2, -0.15) is 0 Å². The summed E-state index contributed by atoms with van der Waals surface area (Å²) in [6.07, 6.45) is 5.24. The molecule has 0 spiro atoms. The Morgan fingerprint density at radius 1 is 1.37 bits per heavy atom. The molecule has 0 bridgehead atoms. The van der Waals surface area contributed by atoms with E-state index in [0.29, 0.717) is 24.6 Å². The maximum absolute atomic E-state index is 11.8. The van der Waals surface area contributed by atoms with Crippen LogP contribution in [0.2, 0.25) is 0 Å². The van der Waals surface area contributed by atoms with Crippen molar-refractivity contribution in [2.45, 2.75) is 33.1 Å². The van der Waals surface area contributed by atoms with Crippen LogP contribution in [0.25, 0.3) is 0 Å². The monoisotopic (exact) mass is 262 g/mol. The average Bonchev–Trinajstić information content (AvgIpc) is 2.95. The van der Waals surface area contributed by atoms with E-state index in [9.17, 15) is 19.5 Å². The normalized spacial score (nSPS) is 45.7. The molecule has 4 heteroatoms. The topological polar surface area (TPSA) is 71.4 Å². The van der Waals surface area contributed by atoms with Crippen LogP contribution in [0.15, 0.2) is 11.6 Å². The standard InChI is InChI=1S/C15H18O4/c1-13(2)4-9-3-10(6-16)14(8-17)7-15(14,12(18)19)11(9)5-13/h3,6,8-9,11H,4-5,7H2,1-2H3,(H,18,19)/t9-,11+,14-,15-/m0/s1. The van der Waals surface area contributed by atoms with Gasteiger partial charge >= 0.3 is 5.97 Å². The molecule has 2 fully saturated rings. The zero-order valence-electron chi connectivity index (χ0n) is 11.2. The van der Waals surface area contributed by atoms with Crippen molar-refractivity contribution < 1.29 is 19.5 Å². The molecule has 0 aromatic heterocycles. The van der Waals surface area contributed by atoms with E-state index in [4.69, 9.17) is 0 Å². The first-order chi connectivity index (χ1) is 8.83. The van der Waals surface area contributed by atoms with Gasteiger partial charge in [0.05, 0.1) is 10.8 Å². The largest absolute Gasteiger partial charge is 0.481 e. The number of rotatable bonds is 3. The molecule has 2 saturated carbocycles. The van der Waals surface area contributed by atoms with Crippen LogP contribution in [0.4, 0.5) is 0 Å². The Balaban J connectivity index is 2.15. The molecule has 3 rings (SSSR count). The zero-order chi connectivity index (χ0) is 14.1. The Hall–Kier alpha value is -1.45. The highest BCUT2D eigenvalue weighted by atomic mass is 16.4. The second-order valence-corrected chi connectivity index (χ2v) is 7.13. The Morgan fingerprint density at radius 3 is 2.58 bits per heavy atom. The van der Waals surface area contributed by atoms with Crippen molar-refractivity contribution in [3.63, 3.8) is 0 Å². The highest BCUT2D eigenvalue weighted by molar-refractivity contribution is 5.98. The number of hydrogen-bond donors (Lipinski definition) is 1. The molecular formula is C15H18O4. The number of carbonyl (C=O) groups is 3.